The predicted octanol–water partition coefficient (Wildman–Crippen LogP) is 3.28. The Morgan fingerprint density at radius 3 is 2.86 bits per heavy atom. The van der Waals surface area contributed by atoms with Crippen LogP contribution in [0.15, 0.2) is 30.3 Å². The maximum Gasteiger partial charge on any atom is 0.274 e. The molecule has 28 heavy (non-hydrogen) atoms. The molecule has 1 aromatic carbocycles. The normalized spacial score (nSPS) is 17.6. The molecule has 6 heteroatoms. The monoisotopic (exact) mass is 386 g/mol. The molecule has 152 valence electrons. The number of rotatable bonds is 7. The second kappa shape index (κ2) is 9.32. The van der Waals surface area contributed by atoms with Gasteiger partial charge in [-0.05, 0) is 69.3 Å². The summed E-state index contributed by atoms with van der Waals surface area (Å²) in [6.45, 7) is 8.43. The molecule has 2 aromatic rings. The number of hydrogen-bond donors (Lipinski definition) is 0. The molecule has 1 aliphatic rings. The van der Waals surface area contributed by atoms with Crippen LogP contribution in [0.3, 0.4) is 0 Å². The molecule has 1 fully saturated rings. The lowest BCUT2D eigenvalue weighted by atomic mass is 9.96. The van der Waals surface area contributed by atoms with Crippen LogP contribution in [0, 0.1) is 18.7 Å². The Morgan fingerprint density at radius 1 is 1.36 bits per heavy atom. The summed E-state index contributed by atoms with van der Waals surface area (Å²) in [7, 11) is 1.86. The fraction of sp³-hybridized carbons (Fsp3) is 0.545. The Balaban J connectivity index is 1.54. The first kappa shape index (κ1) is 20.5. The number of nitrogens with zero attached hydrogens (tertiary/aromatic N) is 4. The lowest BCUT2D eigenvalue weighted by molar-refractivity contribution is 0.0684. The van der Waals surface area contributed by atoms with Crippen molar-refractivity contribution in [3.05, 3.63) is 53.1 Å². The first-order valence-corrected chi connectivity index (χ1v) is 10.2. The zero-order chi connectivity index (χ0) is 20.1. The Hall–Kier alpha value is -2.21. The van der Waals surface area contributed by atoms with Crippen LogP contribution in [-0.4, -0.2) is 58.2 Å². The third-order valence-electron chi connectivity index (χ3n) is 5.69. The van der Waals surface area contributed by atoms with E-state index in [1.165, 1.54) is 6.07 Å². The molecule has 1 amide bonds. The molecule has 2 heterocycles. The number of aromatic nitrogens is 2. The average molecular weight is 387 g/mol. The highest BCUT2D eigenvalue weighted by atomic mass is 19.1. The number of hydrogen-bond acceptors (Lipinski definition) is 3. The van der Waals surface area contributed by atoms with Crippen molar-refractivity contribution in [2.45, 2.75) is 33.1 Å². The van der Waals surface area contributed by atoms with Gasteiger partial charge in [0.1, 0.15) is 5.82 Å². The van der Waals surface area contributed by atoms with E-state index in [9.17, 15) is 9.18 Å². The van der Waals surface area contributed by atoms with Gasteiger partial charge in [-0.15, -0.1) is 0 Å². The van der Waals surface area contributed by atoms with Crippen molar-refractivity contribution in [1.29, 1.82) is 0 Å². The van der Waals surface area contributed by atoms with Crippen LogP contribution in [0.2, 0.25) is 0 Å². The average Bonchev–Trinajstić information content (AvgIpc) is 3.03. The van der Waals surface area contributed by atoms with E-state index in [0.717, 1.165) is 56.7 Å². The van der Waals surface area contributed by atoms with E-state index in [0.29, 0.717) is 18.2 Å². The number of aryl methyl sites for hydroxylation is 2. The van der Waals surface area contributed by atoms with Crippen molar-refractivity contribution in [2.24, 2.45) is 13.0 Å². The fourth-order valence-corrected chi connectivity index (χ4v) is 3.98. The molecule has 0 N–H and O–H groups in total. The van der Waals surface area contributed by atoms with E-state index < -0.39 is 0 Å². The van der Waals surface area contributed by atoms with Crippen LogP contribution in [0.1, 0.15) is 41.5 Å². The van der Waals surface area contributed by atoms with Gasteiger partial charge in [-0.1, -0.05) is 12.1 Å². The summed E-state index contributed by atoms with van der Waals surface area (Å²) >= 11 is 0. The van der Waals surface area contributed by atoms with E-state index in [2.05, 4.69) is 10.00 Å². The number of piperidine rings is 1. The van der Waals surface area contributed by atoms with Gasteiger partial charge in [0.15, 0.2) is 5.69 Å². The highest BCUT2D eigenvalue weighted by Crippen LogP contribution is 2.19. The molecule has 0 bridgehead atoms. The molecule has 1 aromatic heterocycles. The molecule has 3 rings (SSSR count). The van der Waals surface area contributed by atoms with Crippen LogP contribution in [-0.2, 0) is 13.5 Å². The molecular weight excluding hydrogens is 355 g/mol. The zero-order valence-corrected chi connectivity index (χ0v) is 17.2. The Bertz CT molecular complexity index is 784. The predicted molar refractivity (Wildman–Crippen MR) is 109 cm³/mol. The first-order chi connectivity index (χ1) is 13.5. The van der Waals surface area contributed by atoms with Crippen LogP contribution in [0.5, 0.6) is 0 Å². The molecule has 0 aliphatic carbocycles. The molecule has 1 unspecified atom stereocenters. The molecular formula is C22H31FN4O. The van der Waals surface area contributed by atoms with Gasteiger partial charge >= 0.3 is 0 Å². The van der Waals surface area contributed by atoms with Crippen molar-refractivity contribution in [3.8, 4) is 0 Å². The van der Waals surface area contributed by atoms with Crippen molar-refractivity contribution in [2.75, 3.05) is 32.7 Å². The van der Waals surface area contributed by atoms with E-state index >= 15 is 0 Å². The highest BCUT2D eigenvalue weighted by Gasteiger charge is 2.25. The number of likely N-dealkylation sites (tertiary alicyclic amines) is 1. The smallest absolute Gasteiger partial charge is 0.274 e. The second-order valence-corrected chi connectivity index (χ2v) is 7.83. The third-order valence-corrected chi connectivity index (χ3v) is 5.69. The molecule has 0 spiro atoms. The van der Waals surface area contributed by atoms with Crippen molar-refractivity contribution < 1.29 is 9.18 Å². The van der Waals surface area contributed by atoms with Gasteiger partial charge in [-0.3, -0.25) is 9.48 Å². The maximum atomic E-state index is 13.4. The maximum absolute atomic E-state index is 13.4. The largest absolute Gasteiger partial charge is 0.337 e. The molecule has 1 saturated heterocycles. The highest BCUT2D eigenvalue weighted by molar-refractivity contribution is 5.92. The number of amides is 1. The Labute approximate surface area is 167 Å². The van der Waals surface area contributed by atoms with E-state index in [1.807, 2.05) is 37.9 Å². The van der Waals surface area contributed by atoms with Gasteiger partial charge < -0.3 is 9.80 Å². The molecule has 5 nitrogen and oxygen atoms in total. The van der Waals surface area contributed by atoms with Crippen LogP contribution in [0.4, 0.5) is 4.39 Å². The molecule has 0 radical (unpaired) electrons. The summed E-state index contributed by atoms with van der Waals surface area (Å²) in [5.41, 5.74) is 2.55. The fourth-order valence-electron chi connectivity index (χ4n) is 3.98. The van der Waals surface area contributed by atoms with Crippen LogP contribution >= 0.6 is 0 Å². The summed E-state index contributed by atoms with van der Waals surface area (Å²) < 4.78 is 15.1. The third kappa shape index (κ3) is 5.19. The van der Waals surface area contributed by atoms with Crippen LogP contribution < -0.4 is 0 Å². The van der Waals surface area contributed by atoms with Crippen LogP contribution in [0.25, 0.3) is 0 Å². The summed E-state index contributed by atoms with van der Waals surface area (Å²) in [6, 6.07) is 8.72. The van der Waals surface area contributed by atoms with Gasteiger partial charge in [0, 0.05) is 38.9 Å². The summed E-state index contributed by atoms with van der Waals surface area (Å²) in [5, 5.41) is 4.34. The first-order valence-electron chi connectivity index (χ1n) is 10.2. The summed E-state index contributed by atoms with van der Waals surface area (Å²) in [6.07, 6.45) is 3.14. The molecule has 1 atom stereocenters. The van der Waals surface area contributed by atoms with Crippen molar-refractivity contribution in [3.63, 3.8) is 0 Å². The number of halogens is 1. The van der Waals surface area contributed by atoms with Gasteiger partial charge in [-0.25, -0.2) is 4.39 Å². The van der Waals surface area contributed by atoms with Gasteiger partial charge in [0.25, 0.3) is 5.91 Å². The van der Waals surface area contributed by atoms with Gasteiger partial charge in [0.2, 0.25) is 0 Å². The minimum atomic E-state index is -0.170. The lowest BCUT2D eigenvalue weighted by Gasteiger charge is -2.35. The number of carbonyl (C=O) groups excluding carboxylic acids is 1. The Morgan fingerprint density at radius 2 is 2.18 bits per heavy atom. The summed E-state index contributed by atoms with van der Waals surface area (Å²) in [4.78, 5) is 17.2. The Kier molecular flexibility index (Phi) is 6.83. The zero-order valence-electron chi connectivity index (χ0n) is 17.2. The number of carbonyl (C=O) groups is 1. The quantitative estimate of drug-likeness (QED) is 0.733. The van der Waals surface area contributed by atoms with Crippen molar-refractivity contribution in [1.82, 2.24) is 19.6 Å². The second-order valence-electron chi connectivity index (χ2n) is 7.83. The molecule has 0 saturated carbocycles. The van der Waals surface area contributed by atoms with E-state index in [1.54, 1.807) is 16.8 Å². The lowest BCUT2D eigenvalue weighted by Crippen LogP contribution is -2.43. The minimum absolute atomic E-state index is 0.0167. The minimum Gasteiger partial charge on any atom is -0.337 e. The van der Waals surface area contributed by atoms with E-state index in [4.69, 9.17) is 0 Å². The number of benzene rings is 1. The SMILES string of the molecule is CCN(CC1CCCN(CCc2cccc(F)c2)C1)C(=O)c1cc(C)n(C)n1. The van der Waals surface area contributed by atoms with Crippen molar-refractivity contribution >= 4 is 5.91 Å². The topological polar surface area (TPSA) is 41.4 Å². The van der Waals surface area contributed by atoms with Gasteiger partial charge in [-0.2, -0.15) is 5.10 Å². The van der Waals surface area contributed by atoms with E-state index in [-0.39, 0.29) is 11.7 Å². The molecule has 1 aliphatic heterocycles. The summed E-state index contributed by atoms with van der Waals surface area (Å²) in [5.74, 6) is 0.314. The van der Waals surface area contributed by atoms with Gasteiger partial charge in [0.05, 0.1) is 0 Å². The standard InChI is InChI=1S/C22H31FN4O/c1-4-27(22(28)21-13-17(2)25(3)24-21)16-19-8-6-11-26(15-19)12-10-18-7-5-9-20(23)14-18/h5,7,9,13-14,19H,4,6,8,10-12,15-16H2,1-3H3.